The normalized spacial score (nSPS) is 10.9. The molecule has 1 rings (SSSR count). The predicted molar refractivity (Wildman–Crippen MR) is 38.0 cm³/mol. The van der Waals surface area contributed by atoms with Gasteiger partial charge in [-0.2, -0.15) is 0 Å². The molecule has 2 heteroatoms. The molecule has 0 aliphatic carbocycles. The molecule has 0 saturated carbocycles. The molecule has 1 N–H and O–H groups in total. The Balaban J connectivity index is 2.85. The highest BCUT2D eigenvalue weighted by Gasteiger charge is 1.87. The number of aryl methyl sites for hydroxylation is 1. The van der Waals surface area contributed by atoms with Crippen molar-refractivity contribution < 1.29 is 0 Å². The first-order chi connectivity index (χ1) is 4.33. The summed E-state index contributed by atoms with van der Waals surface area (Å²) in [5.41, 5.74) is 1.06. The van der Waals surface area contributed by atoms with Gasteiger partial charge in [-0.1, -0.05) is 6.08 Å². The number of hydrogen-bond acceptors (Lipinski definition) is 1. The fourth-order valence-corrected chi connectivity index (χ4v) is 0.704. The number of nitrogens with one attached hydrogen (secondary N) is 1. The van der Waals surface area contributed by atoms with E-state index in [0.29, 0.717) is 0 Å². The molecule has 0 aliphatic heterocycles. The van der Waals surface area contributed by atoms with E-state index in [2.05, 4.69) is 9.97 Å². The molecule has 0 unspecified atom stereocenters. The number of allylic oxidation sites excluding steroid dienone is 1. The highest BCUT2D eigenvalue weighted by atomic mass is 14.9. The van der Waals surface area contributed by atoms with Crippen LogP contribution in [0.1, 0.15) is 18.4 Å². The maximum Gasteiger partial charge on any atom is 0.103 e. The molecule has 0 atom stereocenters. The van der Waals surface area contributed by atoms with Crippen LogP contribution in [0.2, 0.25) is 0 Å². The fourth-order valence-electron chi connectivity index (χ4n) is 0.704. The largest absolute Gasteiger partial charge is 0.343 e. The van der Waals surface area contributed by atoms with Crippen molar-refractivity contribution in [3.8, 4) is 0 Å². The first-order valence-corrected chi connectivity index (χ1v) is 2.97. The quantitative estimate of drug-likeness (QED) is 0.604. The van der Waals surface area contributed by atoms with Gasteiger partial charge in [-0.3, -0.25) is 0 Å². The van der Waals surface area contributed by atoms with E-state index in [1.807, 2.05) is 32.2 Å². The number of nitrogens with zero attached hydrogens (tertiary/aromatic N) is 1. The molecule has 0 amide bonds. The number of aromatic amines is 1. The van der Waals surface area contributed by atoms with E-state index in [-0.39, 0.29) is 0 Å². The molecule has 48 valence electrons. The van der Waals surface area contributed by atoms with Crippen molar-refractivity contribution in [3.63, 3.8) is 0 Å². The van der Waals surface area contributed by atoms with Gasteiger partial charge in [0.15, 0.2) is 0 Å². The van der Waals surface area contributed by atoms with Crippen LogP contribution in [-0.2, 0) is 0 Å². The molecule has 0 aromatic carbocycles. The summed E-state index contributed by atoms with van der Waals surface area (Å²) in [5, 5.41) is 0. The van der Waals surface area contributed by atoms with Crippen molar-refractivity contribution in [1.29, 1.82) is 0 Å². The summed E-state index contributed by atoms with van der Waals surface area (Å²) >= 11 is 0. The number of imidazole rings is 1. The van der Waals surface area contributed by atoms with Gasteiger partial charge in [-0.05, 0) is 19.9 Å². The minimum absolute atomic E-state index is 0.961. The van der Waals surface area contributed by atoms with Crippen LogP contribution >= 0.6 is 0 Å². The summed E-state index contributed by atoms with van der Waals surface area (Å²) in [5.74, 6) is 0.961. The van der Waals surface area contributed by atoms with Gasteiger partial charge in [0.2, 0.25) is 0 Å². The summed E-state index contributed by atoms with van der Waals surface area (Å²) in [4.78, 5) is 7.11. The third-order valence-corrected chi connectivity index (χ3v) is 1.07. The first-order valence-electron chi connectivity index (χ1n) is 2.97. The number of aromatic nitrogens is 2. The van der Waals surface area contributed by atoms with E-state index in [1.165, 1.54) is 0 Å². The molecule has 2 nitrogen and oxygen atoms in total. The Labute approximate surface area is 54.6 Å². The van der Waals surface area contributed by atoms with Gasteiger partial charge in [0, 0.05) is 0 Å². The molecule has 1 aromatic heterocycles. The Morgan fingerprint density at radius 3 is 2.89 bits per heavy atom. The lowest BCUT2D eigenvalue weighted by molar-refractivity contribution is 1.15. The van der Waals surface area contributed by atoms with Crippen molar-refractivity contribution in [2.24, 2.45) is 0 Å². The van der Waals surface area contributed by atoms with Crippen LogP contribution in [0.15, 0.2) is 12.3 Å². The first kappa shape index (κ1) is 6.08. The van der Waals surface area contributed by atoms with Crippen molar-refractivity contribution in [2.45, 2.75) is 13.8 Å². The lowest BCUT2D eigenvalue weighted by Crippen LogP contribution is -1.71. The zero-order chi connectivity index (χ0) is 6.69. The second kappa shape index (κ2) is 2.49. The van der Waals surface area contributed by atoms with Crippen molar-refractivity contribution in [1.82, 2.24) is 9.97 Å². The summed E-state index contributed by atoms with van der Waals surface area (Å²) in [6, 6.07) is 0. The second-order valence-electron chi connectivity index (χ2n) is 1.92. The Bertz CT molecular complexity index is 210. The Morgan fingerprint density at radius 2 is 2.44 bits per heavy atom. The molecule has 0 bridgehead atoms. The van der Waals surface area contributed by atoms with Gasteiger partial charge in [-0.15, -0.1) is 0 Å². The maximum atomic E-state index is 4.03. The van der Waals surface area contributed by atoms with Crippen LogP contribution in [0.4, 0.5) is 0 Å². The fraction of sp³-hybridized carbons (Fsp3) is 0.286. The van der Waals surface area contributed by atoms with Crippen LogP contribution < -0.4 is 0 Å². The topological polar surface area (TPSA) is 28.7 Å². The van der Waals surface area contributed by atoms with Gasteiger partial charge in [0.25, 0.3) is 0 Å². The van der Waals surface area contributed by atoms with E-state index in [4.69, 9.17) is 0 Å². The van der Waals surface area contributed by atoms with Crippen molar-refractivity contribution in [2.75, 3.05) is 0 Å². The minimum atomic E-state index is 0.961. The summed E-state index contributed by atoms with van der Waals surface area (Å²) < 4.78 is 0. The molecule has 9 heavy (non-hydrogen) atoms. The SMILES string of the molecule is C/C=C\c1cnc(C)[nH]1. The van der Waals surface area contributed by atoms with E-state index in [0.717, 1.165) is 11.5 Å². The molecule has 0 radical (unpaired) electrons. The van der Waals surface area contributed by atoms with Gasteiger partial charge in [0.05, 0.1) is 11.9 Å². The van der Waals surface area contributed by atoms with E-state index >= 15 is 0 Å². The van der Waals surface area contributed by atoms with Gasteiger partial charge >= 0.3 is 0 Å². The monoisotopic (exact) mass is 122 g/mol. The minimum Gasteiger partial charge on any atom is -0.343 e. The third-order valence-electron chi connectivity index (χ3n) is 1.07. The van der Waals surface area contributed by atoms with Crippen molar-refractivity contribution in [3.05, 3.63) is 23.8 Å². The predicted octanol–water partition coefficient (Wildman–Crippen LogP) is 1.75. The molecule has 0 fully saturated rings. The van der Waals surface area contributed by atoms with Gasteiger partial charge in [-0.25, -0.2) is 4.98 Å². The molecule has 1 heterocycles. The lowest BCUT2D eigenvalue weighted by atomic mass is 10.4. The van der Waals surface area contributed by atoms with Crippen LogP contribution in [0.5, 0.6) is 0 Å². The van der Waals surface area contributed by atoms with Crippen LogP contribution in [0.3, 0.4) is 0 Å². The van der Waals surface area contributed by atoms with Crippen LogP contribution in [0.25, 0.3) is 6.08 Å². The average molecular weight is 122 g/mol. The highest BCUT2D eigenvalue weighted by Crippen LogP contribution is 1.96. The Morgan fingerprint density at radius 1 is 1.67 bits per heavy atom. The molecular weight excluding hydrogens is 112 g/mol. The van der Waals surface area contributed by atoms with Gasteiger partial charge in [0.1, 0.15) is 5.82 Å². The lowest BCUT2D eigenvalue weighted by Gasteiger charge is -1.79. The van der Waals surface area contributed by atoms with E-state index in [1.54, 1.807) is 0 Å². The summed E-state index contributed by atoms with van der Waals surface area (Å²) in [7, 11) is 0. The Kier molecular flexibility index (Phi) is 1.68. The van der Waals surface area contributed by atoms with Crippen LogP contribution in [0, 0.1) is 6.92 Å². The number of rotatable bonds is 1. The smallest absolute Gasteiger partial charge is 0.103 e. The van der Waals surface area contributed by atoms with E-state index in [9.17, 15) is 0 Å². The molecule has 0 saturated heterocycles. The van der Waals surface area contributed by atoms with Crippen LogP contribution in [-0.4, -0.2) is 9.97 Å². The molecule has 1 aromatic rings. The zero-order valence-corrected chi connectivity index (χ0v) is 5.68. The summed E-state index contributed by atoms with van der Waals surface area (Å²) in [6.45, 7) is 3.92. The molecule has 0 spiro atoms. The van der Waals surface area contributed by atoms with Crippen molar-refractivity contribution >= 4 is 6.08 Å². The number of hydrogen-bond donors (Lipinski definition) is 1. The highest BCUT2D eigenvalue weighted by molar-refractivity contribution is 5.42. The van der Waals surface area contributed by atoms with E-state index < -0.39 is 0 Å². The molecule has 0 aliphatic rings. The second-order valence-corrected chi connectivity index (χ2v) is 1.92. The summed E-state index contributed by atoms with van der Waals surface area (Å²) in [6.07, 6.45) is 5.78. The number of H-pyrrole nitrogens is 1. The zero-order valence-electron chi connectivity index (χ0n) is 5.68. The third kappa shape index (κ3) is 1.42. The maximum absolute atomic E-state index is 4.03. The Hall–Kier alpha value is -1.05. The average Bonchev–Trinajstić information content (AvgIpc) is 2.17. The standard InChI is InChI=1S/C7H10N2/c1-3-4-7-5-8-6(2)9-7/h3-5H,1-2H3,(H,8,9)/b4-3-. The van der Waals surface area contributed by atoms with Gasteiger partial charge < -0.3 is 4.98 Å². The molecular formula is C7H10N2.